The zero-order valence-electron chi connectivity index (χ0n) is 11.4. The monoisotopic (exact) mass is 325 g/mol. The van der Waals surface area contributed by atoms with Crippen molar-refractivity contribution < 1.29 is 50.1 Å². The molecule has 0 spiro atoms. The van der Waals surface area contributed by atoms with Crippen molar-refractivity contribution in [1.29, 1.82) is 0 Å². The second-order valence-corrected chi connectivity index (χ2v) is 4.91. The van der Waals surface area contributed by atoms with E-state index in [2.05, 4.69) is 5.32 Å². The zero-order valence-corrected chi connectivity index (χ0v) is 11.4. The van der Waals surface area contributed by atoms with Gasteiger partial charge in [-0.3, -0.25) is 14.9 Å². The normalized spacial score (nSPS) is 35.5. The molecular weight excluding hydrogens is 306 g/mol. The van der Waals surface area contributed by atoms with Crippen molar-refractivity contribution in [3.05, 3.63) is 0 Å². The van der Waals surface area contributed by atoms with Gasteiger partial charge in [-0.15, -0.1) is 0 Å². The number of carboxylic acids is 2. The van der Waals surface area contributed by atoms with Gasteiger partial charge in [0.15, 0.2) is 12.0 Å². The van der Waals surface area contributed by atoms with Crippen LogP contribution in [0.1, 0.15) is 6.42 Å². The number of aliphatic carboxylic acids is 2. The molecule has 11 nitrogen and oxygen atoms in total. The molecule has 0 amide bonds. The summed E-state index contributed by atoms with van der Waals surface area (Å²) >= 11 is 0. The van der Waals surface area contributed by atoms with Gasteiger partial charge < -0.3 is 40.5 Å². The summed E-state index contributed by atoms with van der Waals surface area (Å²) in [5.41, 5.74) is 0. The van der Waals surface area contributed by atoms with E-state index in [4.69, 9.17) is 20.1 Å². The van der Waals surface area contributed by atoms with Crippen LogP contribution in [0.25, 0.3) is 0 Å². The van der Waals surface area contributed by atoms with E-state index in [0.29, 0.717) is 0 Å². The summed E-state index contributed by atoms with van der Waals surface area (Å²) < 4.78 is 4.86. The van der Waals surface area contributed by atoms with Gasteiger partial charge in [0, 0.05) is 6.54 Å². The van der Waals surface area contributed by atoms with Crippen molar-refractivity contribution in [2.75, 3.05) is 13.2 Å². The molecule has 0 unspecified atom stereocenters. The maximum Gasteiger partial charge on any atom is 0.317 e. The van der Waals surface area contributed by atoms with Crippen molar-refractivity contribution >= 4 is 11.9 Å². The van der Waals surface area contributed by atoms with E-state index in [1.807, 2.05) is 0 Å². The molecule has 22 heavy (non-hydrogen) atoms. The average molecular weight is 325 g/mol. The highest BCUT2D eigenvalue weighted by Gasteiger charge is 2.52. The van der Waals surface area contributed by atoms with Crippen LogP contribution in [0.2, 0.25) is 0 Å². The first kappa shape index (κ1) is 18.7. The summed E-state index contributed by atoms with van der Waals surface area (Å²) in [7, 11) is 0. The molecule has 1 aliphatic rings. The van der Waals surface area contributed by atoms with Crippen LogP contribution in [0.5, 0.6) is 0 Å². The zero-order chi connectivity index (χ0) is 17.1. The second kappa shape index (κ2) is 7.28. The van der Waals surface area contributed by atoms with Crippen molar-refractivity contribution in [1.82, 2.24) is 5.32 Å². The predicted octanol–water partition coefficient (Wildman–Crippen LogP) is -4.13. The molecule has 0 aromatic rings. The van der Waals surface area contributed by atoms with Crippen molar-refractivity contribution in [3.8, 4) is 0 Å². The summed E-state index contributed by atoms with van der Waals surface area (Å²) in [5, 5.41) is 67.4. The lowest BCUT2D eigenvalue weighted by Gasteiger charge is -2.45. The fourth-order valence-corrected chi connectivity index (χ4v) is 2.05. The number of ether oxygens (including phenoxy) is 1. The molecule has 8 N–H and O–H groups in total. The minimum atomic E-state index is -2.58. The topological polar surface area (TPSA) is 197 Å². The third-order valence-electron chi connectivity index (χ3n) is 3.37. The fraction of sp³-hybridized carbons (Fsp3) is 0.818. The molecule has 0 radical (unpaired) electrons. The Hall–Kier alpha value is -1.34. The number of nitrogens with one attached hydrogen (secondary N) is 1. The molecule has 0 bridgehead atoms. The Bertz CT molecular complexity index is 402. The second-order valence-electron chi connectivity index (χ2n) is 4.91. The quantitative estimate of drug-likeness (QED) is 0.167. The van der Waals surface area contributed by atoms with Gasteiger partial charge in [0.1, 0.15) is 18.3 Å². The lowest BCUT2D eigenvalue weighted by atomic mass is 9.96. The van der Waals surface area contributed by atoms with E-state index in [9.17, 15) is 30.0 Å². The lowest BCUT2D eigenvalue weighted by molar-refractivity contribution is -0.361. The van der Waals surface area contributed by atoms with Crippen molar-refractivity contribution in [2.24, 2.45) is 5.92 Å². The number of carboxylic acid groups (broad SMARTS) is 2. The lowest BCUT2D eigenvalue weighted by Crippen LogP contribution is -2.70. The SMILES string of the molecule is O=C(O)C(CCN[C@]1(O)O[C@H](CO)[C@@H](O)[C@H](O)[C@@H]1O)C(=O)O. The van der Waals surface area contributed by atoms with Gasteiger partial charge in [-0.2, -0.15) is 0 Å². The van der Waals surface area contributed by atoms with Gasteiger partial charge in [-0.05, 0) is 6.42 Å². The number of hydrogen-bond acceptors (Lipinski definition) is 9. The van der Waals surface area contributed by atoms with E-state index in [0.717, 1.165) is 0 Å². The molecule has 0 aromatic heterocycles. The van der Waals surface area contributed by atoms with Crippen LogP contribution in [0.15, 0.2) is 0 Å². The smallest absolute Gasteiger partial charge is 0.317 e. The molecule has 1 rings (SSSR count). The Morgan fingerprint density at radius 2 is 1.68 bits per heavy atom. The highest BCUT2D eigenvalue weighted by atomic mass is 16.7. The molecule has 0 aliphatic carbocycles. The van der Waals surface area contributed by atoms with Gasteiger partial charge in [-0.1, -0.05) is 0 Å². The maximum absolute atomic E-state index is 10.7. The van der Waals surface area contributed by atoms with Crippen LogP contribution in [0.3, 0.4) is 0 Å². The van der Waals surface area contributed by atoms with E-state index in [1.54, 1.807) is 0 Å². The van der Waals surface area contributed by atoms with Gasteiger partial charge in [0.05, 0.1) is 6.61 Å². The van der Waals surface area contributed by atoms with Crippen LogP contribution < -0.4 is 5.32 Å². The standard InChI is InChI=1S/C11H19NO10/c13-3-5-6(14)7(15)8(16)11(21,22-5)12-2-1-4(9(17)18)10(19)20/h4-8,12-16,21H,1-3H2,(H,17,18)(H,19,20)/t5-,6-,7+,8+,11-/m1/s1. The van der Waals surface area contributed by atoms with Crippen molar-refractivity contribution in [3.63, 3.8) is 0 Å². The Morgan fingerprint density at radius 3 is 2.14 bits per heavy atom. The number of hydrogen-bond donors (Lipinski definition) is 8. The highest BCUT2D eigenvalue weighted by molar-refractivity contribution is 5.92. The van der Waals surface area contributed by atoms with E-state index in [1.165, 1.54) is 0 Å². The molecule has 1 aliphatic heterocycles. The number of aliphatic hydroxyl groups excluding tert-OH is 4. The Kier molecular flexibility index (Phi) is 6.19. The molecule has 1 saturated heterocycles. The van der Waals surface area contributed by atoms with Crippen LogP contribution in [-0.4, -0.2) is 91.2 Å². The fourth-order valence-electron chi connectivity index (χ4n) is 2.05. The first-order valence-electron chi connectivity index (χ1n) is 6.40. The summed E-state index contributed by atoms with van der Waals surface area (Å²) in [6.45, 7) is -1.15. The molecule has 128 valence electrons. The first-order chi connectivity index (χ1) is 10.1. The molecule has 0 aromatic carbocycles. The molecule has 1 fully saturated rings. The Labute approximate surface area is 124 Å². The van der Waals surface area contributed by atoms with Crippen molar-refractivity contribution in [2.45, 2.75) is 36.7 Å². The predicted molar refractivity (Wildman–Crippen MR) is 66.3 cm³/mol. The largest absolute Gasteiger partial charge is 0.481 e. The van der Waals surface area contributed by atoms with Gasteiger partial charge in [-0.25, -0.2) is 0 Å². The third kappa shape index (κ3) is 3.89. The molecule has 11 heteroatoms. The summed E-state index contributed by atoms with van der Waals surface area (Å²) in [6, 6.07) is 0. The summed E-state index contributed by atoms with van der Waals surface area (Å²) in [6.07, 6.45) is -7.32. The Balaban J connectivity index is 2.69. The minimum absolute atomic E-state index is 0.391. The Morgan fingerprint density at radius 1 is 1.14 bits per heavy atom. The molecule has 1 heterocycles. The average Bonchev–Trinajstić information content (AvgIpc) is 2.44. The minimum Gasteiger partial charge on any atom is -0.481 e. The van der Waals surface area contributed by atoms with E-state index >= 15 is 0 Å². The van der Waals surface area contributed by atoms with Crippen LogP contribution in [0, 0.1) is 5.92 Å². The molecule has 0 saturated carbocycles. The van der Waals surface area contributed by atoms with Crippen LogP contribution in [0.4, 0.5) is 0 Å². The number of aliphatic hydroxyl groups is 5. The van der Waals surface area contributed by atoms with Gasteiger partial charge >= 0.3 is 11.9 Å². The first-order valence-corrected chi connectivity index (χ1v) is 6.40. The van der Waals surface area contributed by atoms with E-state index < -0.39 is 67.8 Å². The number of carbonyl (C=O) groups is 2. The third-order valence-corrected chi connectivity index (χ3v) is 3.37. The van der Waals surface area contributed by atoms with Crippen LogP contribution >= 0.6 is 0 Å². The molecular formula is C11H19NO10. The maximum atomic E-state index is 10.7. The summed E-state index contributed by atoms with van der Waals surface area (Å²) in [4.78, 5) is 21.4. The number of rotatable bonds is 7. The summed E-state index contributed by atoms with van der Waals surface area (Å²) in [5.74, 6) is -7.46. The molecule has 5 atom stereocenters. The highest BCUT2D eigenvalue weighted by Crippen LogP contribution is 2.26. The van der Waals surface area contributed by atoms with Gasteiger partial charge in [0.25, 0.3) is 5.91 Å². The van der Waals surface area contributed by atoms with Gasteiger partial charge in [0.2, 0.25) is 0 Å². The van der Waals surface area contributed by atoms with E-state index in [-0.39, 0.29) is 0 Å². The van der Waals surface area contributed by atoms with Crippen LogP contribution in [-0.2, 0) is 14.3 Å².